The molecule has 5 nitrogen and oxygen atoms in total. The van der Waals surface area contributed by atoms with Crippen molar-refractivity contribution in [2.75, 3.05) is 6.54 Å². The summed E-state index contributed by atoms with van der Waals surface area (Å²) in [6.07, 6.45) is 2.43. The van der Waals surface area contributed by atoms with Gasteiger partial charge in [-0.3, -0.25) is 0 Å². The van der Waals surface area contributed by atoms with Gasteiger partial charge in [0.25, 0.3) is 0 Å². The summed E-state index contributed by atoms with van der Waals surface area (Å²) in [5.74, 6) is 0. The first-order chi connectivity index (χ1) is 9.51. The van der Waals surface area contributed by atoms with E-state index in [2.05, 4.69) is 9.71 Å². The Morgan fingerprint density at radius 2 is 2.00 bits per heavy atom. The maximum Gasteiger partial charge on any atom is 0.240 e. The molecule has 3 N–H and O–H groups in total. The highest BCUT2D eigenvalue weighted by molar-refractivity contribution is 7.89. The van der Waals surface area contributed by atoms with Crippen molar-refractivity contribution in [3.8, 4) is 0 Å². The average Bonchev–Trinajstić information content (AvgIpc) is 2.84. The maximum absolute atomic E-state index is 12.1. The lowest BCUT2D eigenvalue weighted by molar-refractivity contribution is 0.581. The lowest BCUT2D eigenvalue weighted by Crippen LogP contribution is -2.22. The Bertz CT molecular complexity index is 663. The van der Waals surface area contributed by atoms with E-state index >= 15 is 0 Å². The van der Waals surface area contributed by atoms with E-state index in [0.29, 0.717) is 6.54 Å². The van der Waals surface area contributed by atoms with Gasteiger partial charge in [-0.05, 0) is 37.6 Å². The van der Waals surface area contributed by atoms with Crippen LogP contribution in [0.15, 0.2) is 35.4 Å². The second kappa shape index (κ2) is 6.45. The molecule has 2 rings (SSSR count). The first-order valence-corrected chi connectivity index (χ1v) is 8.51. The summed E-state index contributed by atoms with van der Waals surface area (Å²) in [6.45, 7) is 2.70. The molecule has 0 aliphatic carbocycles. The molecule has 1 heterocycles. The number of hydrogen-bond donors (Lipinski definition) is 2. The van der Waals surface area contributed by atoms with E-state index in [4.69, 9.17) is 5.73 Å². The number of nitrogens with one attached hydrogen (secondary N) is 1. The number of nitrogens with two attached hydrogens (primary N) is 1. The smallest absolute Gasteiger partial charge is 0.240 e. The Balaban J connectivity index is 2.05. The third-order valence-corrected chi connectivity index (χ3v) is 5.10. The lowest BCUT2D eigenvalue weighted by atomic mass is 10.2. The van der Waals surface area contributed by atoms with Gasteiger partial charge in [0.1, 0.15) is 0 Å². The molecular formula is C13H17N3O2S2. The van der Waals surface area contributed by atoms with Gasteiger partial charge in [-0.2, -0.15) is 0 Å². The van der Waals surface area contributed by atoms with Crippen molar-refractivity contribution in [2.24, 2.45) is 5.73 Å². The number of hydrogen-bond acceptors (Lipinski definition) is 5. The average molecular weight is 311 g/mol. The highest BCUT2D eigenvalue weighted by Gasteiger charge is 2.14. The SMILES string of the molecule is Cc1ncc(CNS(=O)(=O)c2ccc(CCN)cc2)s1. The predicted molar refractivity (Wildman–Crippen MR) is 80.1 cm³/mol. The second-order valence-electron chi connectivity index (χ2n) is 4.35. The van der Waals surface area contributed by atoms with E-state index in [-0.39, 0.29) is 11.4 Å². The Kier molecular flexibility index (Phi) is 4.87. The van der Waals surface area contributed by atoms with Gasteiger partial charge < -0.3 is 5.73 Å². The minimum absolute atomic E-state index is 0.262. The molecule has 0 aliphatic heterocycles. The van der Waals surface area contributed by atoms with Gasteiger partial charge in [-0.1, -0.05) is 12.1 Å². The van der Waals surface area contributed by atoms with E-state index in [1.54, 1.807) is 30.5 Å². The number of aromatic nitrogens is 1. The zero-order chi connectivity index (χ0) is 14.6. The van der Waals surface area contributed by atoms with Crippen LogP contribution in [0, 0.1) is 6.92 Å². The van der Waals surface area contributed by atoms with Gasteiger partial charge in [0, 0.05) is 17.6 Å². The molecule has 0 saturated carbocycles. The highest BCUT2D eigenvalue weighted by Crippen LogP contribution is 2.14. The van der Waals surface area contributed by atoms with Crippen LogP contribution in [0.5, 0.6) is 0 Å². The van der Waals surface area contributed by atoms with Gasteiger partial charge in [0.2, 0.25) is 10.0 Å². The largest absolute Gasteiger partial charge is 0.330 e. The maximum atomic E-state index is 12.1. The molecule has 0 bridgehead atoms. The molecule has 0 radical (unpaired) electrons. The van der Waals surface area contributed by atoms with Gasteiger partial charge in [0.05, 0.1) is 9.90 Å². The quantitative estimate of drug-likeness (QED) is 0.845. The van der Waals surface area contributed by atoms with E-state index in [1.807, 2.05) is 6.92 Å². The van der Waals surface area contributed by atoms with Crippen molar-refractivity contribution < 1.29 is 8.42 Å². The first-order valence-electron chi connectivity index (χ1n) is 6.21. The van der Waals surface area contributed by atoms with Gasteiger partial charge in [0.15, 0.2) is 0 Å². The Morgan fingerprint density at radius 3 is 2.55 bits per heavy atom. The minimum atomic E-state index is -3.48. The second-order valence-corrected chi connectivity index (χ2v) is 7.44. The number of sulfonamides is 1. The summed E-state index contributed by atoms with van der Waals surface area (Å²) in [5.41, 5.74) is 6.50. The number of aryl methyl sites for hydroxylation is 1. The molecule has 0 atom stereocenters. The van der Waals surface area contributed by atoms with Gasteiger partial charge in [-0.25, -0.2) is 18.1 Å². The van der Waals surface area contributed by atoms with E-state index < -0.39 is 10.0 Å². The highest BCUT2D eigenvalue weighted by atomic mass is 32.2. The molecular weight excluding hydrogens is 294 g/mol. The van der Waals surface area contributed by atoms with Crippen LogP contribution in [-0.4, -0.2) is 19.9 Å². The summed E-state index contributed by atoms with van der Waals surface area (Å²) in [6, 6.07) is 6.78. The Morgan fingerprint density at radius 1 is 1.30 bits per heavy atom. The molecule has 0 aliphatic rings. The van der Waals surface area contributed by atoms with Crippen LogP contribution in [0.2, 0.25) is 0 Å². The zero-order valence-corrected chi connectivity index (χ0v) is 12.8. The van der Waals surface area contributed by atoms with Crippen LogP contribution >= 0.6 is 11.3 Å². The van der Waals surface area contributed by atoms with E-state index in [0.717, 1.165) is 21.9 Å². The lowest BCUT2D eigenvalue weighted by Gasteiger charge is -2.06. The Labute approximate surface area is 122 Å². The topological polar surface area (TPSA) is 85.1 Å². The molecule has 1 aromatic carbocycles. The third kappa shape index (κ3) is 3.86. The van der Waals surface area contributed by atoms with Crippen molar-refractivity contribution >= 4 is 21.4 Å². The fourth-order valence-electron chi connectivity index (χ4n) is 1.74. The zero-order valence-electron chi connectivity index (χ0n) is 11.2. The summed E-state index contributed by atoms with van der Waals surface area (Å²) in [5, 5.41) is 0.922. The normalized spacial score (nSPS) is 11.7. The molecule has 0 amide bonds. The monoisotopic (exact) mass is 311 g/mol. The minimum Gasteiger partial charge on any atom is -0.330 e. The standard InChI is InChI=1S/C13H17N3O2S2/c1-10-15-8-12(19-10)9-16-20(17,18)13-4-2-11(3-5-13)6-7-14/h2-5,8,16H,6-7,9,14H2,1H3. The van der Waals surface area contributed by atoms with Crippen LogP contribution in [0.25, 0.3) is 0 Å². The first kappa shape index (κ1) is 15.1. The fraction of sp³-hybridized carbons (Fsp3) is 0.308. The fourth-order valence-corrected chi connectivity index (χ4v) is 3.57. The molecule has 1 aromatic heterocycles. The molecule has 0 fully saturated rings. The molecule has 7 heteroatoms. The van der Waals surface area contributed by atoms with Crippen molar-refractivity contribution in [2.45, 2.75) is 24.8 Å². The third-order valence-electron chi connectivity index (χ3n) is 2.77. The van der Waals surface area contributed by atoms with E-state index in [9.17, 15) is 8.42 Å². The van der Waals surface area contributed by atoms with Gasteiger partial charge in [-0.15, -0.1) is 11.3 Å². The van der Waals surface area contributed by atoms with Crippen molar-refractivity contribution in [3.05, 3.63) is 45.9 Å². The summed E-state index contributed by atoms with van der Waals surface area (Å²) >= 11 is 1.48. The van der Waals surface area contributed by atoms with Crippen LogP contribution in [0.3, 0.4) is 0 Å². The van der Waals surface area contributed by atoms with Gasteiger partial charge >= 0.3 is 0 Å². The molecule has 2 aromatic rings. The molecule has 0 saturated heterocycles. The van der Waals surface area contributed by atoms with Crippen LogP contribution < -0.4 is 10.5 Å². The van der Waals surface area contributed by atoms with Crippen molar-refractivity contribution in [1.82, 2.24) is 9.71 Å². The Hall–Kier alpha value is -1.28. The van der Waals surface area contributed by atoms with Crippen LogP contribution in [0.4, 0.5) is 0 Å². The molecule has 20 heavy (non-hydrogen) atoms. The number of thiazole rings is 1. The van der Waals surface area contributed by atoms with Crippen LogP contribution in [0.1, 0.15) is 15.4 Å². The molecule has 0 spiro atoms. The van der Waals surface area contributed by atoms with E-state index in [1.165, 1.54) is 11.3 Å². The summed E-state index contributed by atoms with van der Waals surface area (Å²) in [7, 11) is -3.48. The molecule has 0 unspecified atom stereocenters. The number of nitrogens with zero attached hydrogens (tertiary/aromatic N) is 1. The van der Waals surface area contributed by atoms with Crippen molar-refractivity contribution in [1.29, 1.82) is 0 Å². The van der Waals surface area contributed by atoms with Crippen LogP contribution in [-0.2, 0) is 23.0 Å². The number of benzene rings is 1. The number of rotatable bonds is 6. The molecule has 108 valence electrons. The van der Waals surface area contributed by atoms with Crippen molar-refractivity contribution in [3.63, 3.8) is 0 Å². The summed E-state index contributed by atoms with van der Waals surface area (Å²) < 4.78 is 26.8. The summed E-state index contributed by atoms with van der Waals surface area (Å²) in [4.78, 5) is 5.25. The predicted octanol–water partition coefficient (Wildman–Crippen LogP) is 1.43.